The van der Waals surface area contributed by atoms with Crippen LogP contribution in [0.2, 0.25) is 0 Å². The Labute approximate surface area is 100 Å². The van der Waals surface area contributed by atoms with Gasteiger partial charge in [0.1, 0.15) is 0 Å². The lowest BCUT2D eigenvalue weighted by Gasteiger charge is -2.17. The number of rotatable bonds is 3. The molecule has 0 aliphatic rings. The summed E-state index contributed by atoms with van der Waals surface area (Å²) in [4.78, 5) is 12.7. The van der Waals surface area contributed by atoms with Crippen molar-refractivity contribution in [2.45, 2.75) is 6.43 Å². The van der Waals surface area contributed by atoms with Gasteiger partial charge in [0.2, 0.25) is 0 Å². The molecule has 0 aromatic heterocycles. The summed E-state index contributed by atoms with van der Waals surface area (Å²) in [5.74, 6) is -0.515. The first kappa shape index (κ1) is 12.9. The van der Waals surface area contributed by atoms with E-state index < -0.39 is 18.9 Å². The Morgan fingerprint density at radius 1 is 1.56 bits per heavy atom. The standard InChI is InChI=1S/C10H11BrF2N2O/c1-15(5-9(12)13)10(16)7-4-6(11)2-3-8(7)14/h2-4,9H,5,14H2,1H3. The number of nitrogens with two attached hydrogens (primary N) is 1. The highest BCUT2D eigenvalue weighted by Gasteiger charge is 2.18. The fourth-order valence-corrected chi connectivity index (χ4v) is 1.57. The van der Waals surface area contributed by atoms with E-state index in [4.69, 9.17) is 5.73 Å². The normalized spacial score (nSPS) is 10.6. The van der Waals surface area contributed by atoms with Crippen molar-refractivity contribution in [3.05, 3.63) is 28.2 Å². The van der Waals surface area contributed by atoms with E-state index >= 15 is 0 Å². The number of nitrogen functional groups attached to an aromatic ring is 1. The van der Waals surface area contributed by atoms with Crippen molar-refractivity contribution in [3.8, 4) is 0 Å². The summed E-state index contributed by atoms with van der Waals surface area (Å²) in [5, 5.41) is 0. The van der Waals surface area contributed by atoms with Crippen LogP contribution in [0.25, 0.3) is 0 Å². The number of alkyl halides is 2. The van der Waals surface area contributed by atoms with Crippen molar-refractivity contribution in [1.29, 1.82) is 0 Å². The number of amides is 1. The van der Waals surface area contributed by atoms with Crippen molar-refractivity contribution < 1.29 is 13.6 Å². The molecule has 0 fully saturated rings. The molecular weight excluding hydrogens is 282 g/mol. The van der Waals surface area contributed by atoms with Gasteiger partial charge in [0.25, 0.3) is 12.3 Å². The Morgan fingerprint density at radius 3 is 2.75 bits per heavy atom. The van der Waals surface area contributed by atoms with E-state index in [0.29, 0.717) is 4.47 Å². The molecule has 0 aliphatic heterocycles. The van der Waals surface area contributed by atoms with Gasteiger partial charge in [0, 0.05) is 17.2 Å². The lowest BCUT2D eigenvalue weighted by Crippen LogP contribution is -2.31. The van der Waals surface area contributed by atoms with Gasteiger partial charge in [0.05, 0.1) is 12.1 Å². The molecule has 2 N–H and O–H groups in total. The minimum Gasteiger partial charge on any atom is -0.398 e. The maximum atomic E-state index is 12.1. The van der Waals surface area contributed by atoms with Crippen LogP contribution in [0, 0.1) is 0 Å². The van der Waals surface area contributed by atoms with Crippen molar-refractivity contribution >= 4 is 27.5 Å². The van der Waals surface area contributed by atoms with Crippen molar-refractivity contribution in [2.75, 3.05) is 19.3 Å². The maximum absolute atomic E-state index is 12.1. The van der Waals surface area contributed by atoms with Gasteiger partial charge in [-0.2, -0.15) is 0 Å². The SMILES string of the molecule is CN(CC(F)F)C(=O)c1cc(Br)ccc1N. The molecule has 0 saturated carbocycles. The Kier molecular flexibility index (Phi) is 4.23. The second kappa shape index (κ2) is 5.25. The van der Waals surface area contributed by atoms with Crippen LogP contribution in [0.3, 0.4) is 0 Å². The molecule has 0 aliphatic carbocycles. The third-order valence-electron chi connectivity index (χ3n) is 2.00. The molecule has 0 bridgehead atoms. The molecule has 6 heteroatoms. The summed E-state index contributed by atoms with van der Waals surface area (Å²) < 4.78 is 24.9. The Hall–Kier alpha value is -1.17. The Morgan fingerprint density at radius 2 is 2.19 bits per heavy atom. The lowest BCUT2D eigenvalue weighted by atomic mass is 10.1. The summed E-state index contributed by atoms with van der Waals surface area (Å²) in [7, 11) is 1.31. The largest absolute Gasteiger partial charge is 0.398 e. The van der Waals surface area contributed by atoms with Crippen LogP contribution in [-0.4, -0.2) is 30.8 Å². The highest BCUT2D eigenvalue weighted by molar-refractivity contribution is 9.10. The van der Waals surface area contributed by atoms with Gasteiger partial charge < -0.3 is 10.6 Å². The molecule has 16 heavy (non-hydrogen) atoms. The monoisotopic (exact) mass is 292 g/mol. The average Bonchev–Trinajstić information content (AvgIpc) is 2.19. The zero-order chi connectivity index (χ0) is 12.3. The predicted octanol–water partition coefficient (Wildman–Crippen LogP) is 2.37. The first-order valence-corrected chi connectivity index (χ1v) is 5.29. The van der Waals surface area contributed by atoms with Crippen LogP contribution >= 0.6 is 15.9 Å². The minimum absolute atomic E-state index is 0.220. The summed E-state index contributed by atoms with van der Waals surface area (Å²) in [6.45, 7) is -0.606. The third kappa shape index (κ3) is 3.16. The van der Waals surface area contributed by atoms with E-state index in [2.05, 4.69) is 15.9 Å². The number of halogens is 3. The molecule has 3 nitrogen and oxygen atoms in total. The first-order chi connectivity index (χ1) is 7.41. The highest BCUT2D eigenvalue weighted by Crippen LogP contribution is 2.19. The number of hydrogen-bond acceptors (Lipinski definition) is 2. The molecule has 0 unspecified atom stereocenters. The number of hydrogen-bond donors (Lipinski definition) is 1. The molecule has 0 saturated heterocycles. The molecule has 0 radical (unpaired) electrons. The molecule has 1 aromatic rings. The second-order valence-electron chi connectivity index (χ2n) is 3.31. The van der Waals surface area contributed by atoms with Gasteiger partial charge in [-0.25, -0.2) is 8.78 Å². The van der Waals surface area contributed by atoms with Crippen molar-refractivity contribution in [1.82, 2.24) is 4.90 Å². The number of benzene rings is 1. The van der Waals surface area contributed by atoms with E-state index in [1.54, 1.807) is 12.1 Å². The number of nitrogens with zero attached hydrogens (tertiary/aromatic N) is 1. The third-order valence-corrected chi connectivity index (χ3v) is 2.50. The molecule has 0 heterocycles. The summed E-state index contributed by atoms with van der Waals surface area (Å²) in [6.07, 6.45) is -2.55. The smallest absolute Gasteiger partial charge is 0.255 e. The van der Waals surface area contributed by atoms with Gasteiger partial charge in [-0.3, -0.25) is 4.79 Å². The van der Waals surface area contributed by atoms with Crippen LogP contribution < -0.4 is 5.73 Å². The molecule has 88 valence electrons. The molecule has 1 amide bonds. The Balaban J connectivity index is 2.91. The van der Waals surface area contributed by atoms with Gasteiger partial charge >= 0.3 is 0 Å². The first-order valence-electron chi connectivity index (χ1n) is 4.50. The fourth-order valence-electron chi connectivity index (χ4n) is 1.21. The number of carbonyl (C=O) groups excluding carboxylic acids is 1. The van der Waals surface area contributed by atoms with Gasteiger partial charge in [-0.05, 0) is 18.2 Å². The van der Waals surface area contributed by atoms with E-state index in [9.17, 15) is 13.6 Å². The number of anilines is 1. The lowest BCUT2D eigenvalue weighted by molar-refractivity contribution is 0.0621. The maximum Gasteiger partial charge on any atom is 0.255 e. The quantitative estimate of drug-likeness (QED) is 0.870. The zero-order valence-electron chi connectivity index (χ0n) is 8.58. The molecule has 1 rings (SSSR count). The van der Waals surface area contributed by atoms with Gasteiger partial charge in [-0.15, -0.1) is 0 Å². The molecule has 0 atom stereocenters. The van der Waals surface area contributed by atoms with Crippen molar-refractivity contribution in [2.24, 2.45) is 0 Å². The van der Waals surface area contributed by atoms with Crippen LogP contribution in [0.1, 0.15) is 10.4 Å². The van der Waals surface area contributed by atoms with E-state index in [1.807, 2.05) is 0 Å². The number of carbonyl (C=O) groups is 1. The average molecular weight is 293 g/mol. The van der Waals surface area contributed by atoms with Crippen LogP contribution in [0.15, 0.2) is 22.7 Å². The van der Waals surface area contributed by atoms with Crippen LogP contribution in [0.4, 0.5) is 14.5 Å². The predicted molar refractivity (Wildman–Crippen MR) is 61.5 cm³/mol. The van der Waals surface area contributed by atoms with E-state index in [0.717, 1.165) is 4.90 Å². The van der Waals surface area contributed by atoms with Crippen LogP contribution in [-0.2, 0) is 0 Å². The molecule has 1 aromatic carbocycles. The zero-order valence-corrected chi connectivity index (χ0v) is 10.2. The Bertz CT molecular complexity index is 398. The fraction of sp³-hybridized carbons (Fsp3) is 0.300. The highest BCUT2D eigenvalue weighted by atomic mass is 79.9. The van der Waals surface area contributed by atoms with E-state index in [1.165, 1.54) is 13.1 Å². The summed E-state index contributed by atoms with van der Waals surface area (Å²) in [6, 6.07) is 4.74. The van der Waals surface area contributed by atoms with Gasteiger partial charge in [0.15, 0.2) is 0 Å². The second-order valence-corrected chi connectivity index (χ2v) is 4.22. The van der Waals surface area contributed by atoms with Crippen LogP contribution in [0.5, 0.6) is 0 Å². The minimum atomic E-state index is -2.55. The topological polar surface area (TPSA) is 46.3 Å². The molecule has 0 spiro atoms. The molecular formula is C10H11BrF2N2O. The van der Waals surface area contributed by atoms with E-state index in [-0.39, 0.29) is 11.3 Å². The van der Waals surface area contributed by atoms with Crippen molar-refractivity contribution in [3.63, 3.8) is 0 Å². The summed E-state index contributed by atoms with van der Waals surface area (Å²) >= 11 is 3.19. The summed E-state index contributed by atoms with van der Waals surface area (Å²) in [5.41, 5.74) is 6.10. The van der Waals surface area contributed by atoms with Gasteiger partial charge in [-0.1, -0.05) is 15.9 Å².